The molecule has 0 fully saturated rings. The zero-order valence-electron chi connectivity index (χ0n) is 18.6. The molecule has 0 atom stereocenters. The molecule has 0 aliphatic carbocycles. The molecule has 1 aromatic heterocycles. The van der Waals surface area contributed by atoms with Gasteiger partial charge in [0.2, 0.25) is 0 Å². The molecule has 0 radical (unpaired) electrons. The van der Waals surface area contributed by atoms with E-state index >= 15 is 0 Å². The summed E-state index contributed by atoms with van der Waals surface area (Å²) < 4.78 is 21.5. The first-order valence-corrected chi connectivity index (χ1v) is 10.9. The standard InChI is InChI=1S/C26H31FN2O2/c1-4-5-6-10-23-25(20-8-7-9-21(27)17-20)24(26(28)30)18(2)29(23)16-15-19-11-13-22(31-3)14-12-19/h7-9,11-14,17H,4-6,10,15-16H2,1-3H3,(H2,28,30). The maximum Gasteiger partial charge on any atom is 0.251 e. The van der Waals surface area contributed by atoms with Crippen LogP contribution < -0.4 is 10.5 Å². The number of carbonyl (C=O) groups excluding carboxylic acids is 1. The lowest BCUT2D eigenvalue weighted by molar-refractivity contribution is 0.1000. The number of carbonyl (C=O) groups is 1. The van der Waals surface area contributed by atoms with Crippen molar-refractivity contribution in [3.8, 4) is 16.9 Å². The molecule has 0 spiro atoms. The highest BCUT2D eigenvalue weighted by atomic mass is 19.1. The fourth-order valence-electron chi connectivity index (χ4n) is 4.19. The summed E-state index contributed by atoms with van der Waals surface area (Å²) in [6.45, 7) is 4.81. The SMILES string of the molecule is CCCCCc1c(-c2cccc(F)c2)c(C(N)=O)c(C)n1CCc1ccc(OC)cc1. The molecular weight excluding hydrogens is 391 g/mol. The number of rotatable bonds is 10. The number of aryl methyl sites for hydroxylation is 1. The molecule has 3 aromatic rings. The summed E-state index contributed by atoms with van der Waals surface area (Å²) in [6.07, 6.45) is 4.82. The molecule has 1 amide bonds. The Hall–Kier alpha value is -3.08. The first-order valence-electron chi connectivity index (χ1n) is 10.9. The van der Waals surface area contributed by atoms with E-state index in [2.05, 4.69) is 23.6 Å². The molecule has 0 aliphatic heterocycles. The number of primary amides is 1. The molecule has 31 heavy (non-hydrogen) atoms. The molecule has 1 heterocycles. The minimum atomic E-state index is -0.475. The Morgan fingerprint density at radius 3 is 2.45 bits per heavy atom. The number of amides is 1. The van der Waals surface area contributed by atoms with Crippen LogP contribution in [0.2, 0.25) is 0 Å². The molecule has 5 heteroatoms. The molecule has 2 aromatic carbocycles. The van der Waals surface area contributed by atoms with Crippen molar-refractivity contribution in [1.82, 2.24) is 4.57 Å². The Labute approximate surface area is 183 Å². The van der Waals surface area contributed by atoms with E-state index < -0.39 is 5.91 Å². The van der Waals surface area contributed by atoms with Crippen molar-refractivity contribution in [3.05, 3.63) is 76.9 Å². The van der Waals surface area contributed by atoms with Crippen molar-refractivity contribution < 1.29 is 13.9 Å². The summed E-state index contributed by atoms with van der Waals surface area (Å²) in [5.74, 6) is 0.0262. The summed E-state index contributed by atoms with van der Waals surface area (Å²) in [5, 5.41) is 0. The highest BCUT2D eigenvalue weighted by Crippen LogP contribution is 2.34. The number of halogens is 1. The quantitative estimate of drug-likeness (QED) is 0.427. The zero-order valence-corrected chi connectivity index (χ0v) is 18.6. The lowest BCUT2D eigenvalue weighted by Gasteiger charge is -2.14. The lowest BCUT2D eigenvalue weighted by atomic mass is 9.97. The van der Waals surface area contributed by atoms with Gasteiger partial charge in [-0.1, -0.05) is 44.0 Å². The van der Waals surface area contributed by atoms with Crippen LogP contribution in [-0.4, -0.2) is 17.6 Å². The Morgan fingerprint density at radius 2 is 1.84 bits per heavy atom. The summed E-state index contributed by atoms with van der Waals surface area (Å²) in [6, 6.07) is 14.4. The van der Waals surface area contributed by atoms with Crippen molar-refractivity contribution in [2.75, 3.05) is 7.11 Å². The van der Waals surface area contributed by atoms with Crippen LogP contribution in [0.3, 0.4) is 0 Å². The van der Waals surface area contributed by atoms with Gasteiger partial charge in [-0.25, -0.2) is 4.39 Å². The Bertz CT molecular complexity index is 1040. The number of hydrogen-bond acceptors (Lipinski definition) is 2. The third kappa shape index (κ3) is 5.16. The average Bonchev–Trinajstić information content (AvgIpc) is 3.04. The number of ether oxygens (including phenoxy) is 1. The fourth-order valence-corrected chi connectivity index (χ4v) is 4.19. The predicted octanol–water partition coefficient (Wildman–Crippen LogP) is 5.69. The molecule has 0 aliphatic rings. The van der Waals surface area contributed by atoms with E-state index in [1.165, 1.54) is 17.7 Å². The number of nitrogens with zero attached hydrogens (tertiary/aromatic N) is 1. The van der Waals surface area contributed by atoms with Crippen LogP contribution in [0, 0.1) is 12.7 Å². The number of hydrogen-bond donors (Lipinski definition) is 1. The molecule has 0 bridgehead atoms. The van der Waals surface area contributed by atoms with Gasteiger partial charge in [-0.05, 0) is 61.6 Å². The number of methoxy groups -OCH3 is 1. The zero-order chi connectivity index (χ0) is 22.4. The number of aromatic nitrogens is 1. The molecule has 4 nitrogen and oxygen atoms in total. The first-order chi connectivity index (χ1) is 15.0. The third-order valence-electron chi connectivity index (χ3n) is 5.79. The average molecular weight is 423 g/mol. The number of benzene rings is 2. The third-order valence-corrected chi connectivity index (χ3v) is 5.79. The van der Waals surface area contributed by atoms with Crippen LogP contribution in [0.25, 0.3) is 11.1 Å². The highest BCUT2D eigenvalue weighted by molar-refractivity contribution is 6.02. The van der Waals surface area contributed by atoms with Gasteiger partial charge in [-0.15, -0.1) is 0 Å². The van der Waals surface area contributed by atoms with E-state index in [0.717, 1.165) is 61.3 Å². The molecule has 2 N–H and O–H groups in total. The van der Waals surface area contributed by atoms with Crippen molar-refractivity contribution in [3.63, 3.8) is 0 Å². The molecule has 0 saturated heterocycles. The Balaban J connectivity index is 2.05. The van der Waals surface area contributed by atoms with Crippen LogP contribution >= 0.6 is 0 Å². The summed E-state index contributed by atoms with van der Waals surface area (Å²) in [4.78, 5) is 12.4. The fraction of sp³-hybridized carbons (Fsp3) is 0.346. The largest absolute Gasteiger partial charge is 0.497 e. The van der Waals surface area contributed by atoms with Crippen molar-refractivity contribution in [1.29, 1.82) is 0 Å². The summed E-state index contributed by atoms with van der Waals surface area (Å²) >= 11 is 0. The van der Waals surface area contributed by atoms with E-state index in [0.29, 0.717) is 11.1 Å². The van der Waals surface area contributed by atoms with Crippen molar-refractivity contribution in [2.24, 2.45) is 5.73 Å². The molecular formula is C26H31FN2O2. The van der Waals surface area contributed by atoms with Gasteiger partial charge in [-0.3, -0.25) is 4.79 Å². The normalized spacial score (nSPS) is 11.0. The summed E-state index contributed by atoms with van der Waals surface area (Å²) in [7, 11) is 1.65. The van der Waals surface area contributed by atoms with Gasteiger partial charge in [0, 0.05) is 23.5 Å². The lowest BCUT2D eigenvalue weighted by Crippen LogP contribution is -2.14. The van der Waals surface area contributed by atoms with E-state index in [1.54, 1.807) is 13.2 Å². The first kappa shape index (κ1) is 22.6. The van der Waals surface area contributed by atoms with Crippen LogP contribution in [0.5, 0.6) is 5.75 Å². The monoisotopic (exact) mass is 422 g/mol. The maximum absolute atomic E-state index is 14.0. The second kappa shape index (κ2) is 10.3. The maximum atomic E-state index is 14.0. The summed E-state index contributed by atoms with van der Waals surface area (Å²) in [5.41, 5.74) is 10.8. The van der Waals surface area contributed by atoms with E-state index in [-0.39, 0.29) is 5.82 Å². The van der Waals surface area contributed by atoms with E-state index in [9.17, 15) is 9.18 Å². The second-order valence-corrected chi connectivity index (χ2v) is 7.86. The second-order valence-electron chi connectivity index (χ2n) is 7.86. The van der Waals surface area contributed by atoms with Crippen LogP contribution in [-0.2, 0) is 19.4 Å². The van der Waals surface area contributed by atoms with E-state index in [1.807, 2.05) is 25.1 Å². The van der Waals surface area contributed by atoms with Crippen LogP contribution in [0.1, 0.15) is 53.5 Å². The molecule has 164 valence electrons. The van der Waals surface area contributed by atoms with Gasteiger partial charge < -0.3 is 15.0 Å². The molecule has 0 unspecified atom stereocenters. The van der Waals surface area contributed by atoms with Crippen molar-refractivity contribution >= 4 is 5.91 Å². The topological polar surface area (TPSA) is 57.2 Å². The molecule has 3 rings (SSSR count). The van der Waals surface area contributed by atoms with Gasteiger partial charge in [0.1, 0.15) is 11.6 Å². The highest BCUT2D eigenvalue weighted by Gasteiger charge is 2.24. The number of nitrogens with two attached hydrogens (primary N) is 1. The minimum Gasteiger partial charge on any atom is -0.497 e. The molecule has 0 saturated carbocycles. The van der Waals surface area contributed by atoms with E-state index in [4.69, 9.17) is 10.5 Å². The van der Waals surface area contributed by atoms with Gasteiger partial charge >= 0.3 is 0 Å². The van der Waals surface area contributed by atoms with Gasteiger partial charge in [0.25, 0.3) is 5.91 Å². The van der Waals surface area contributed by atoms with Gasteiger partial charge in [0.15, 0.2) is 0 Å². The number of unbranched alkanes of at least 4 members (excludes halogenated alkanes) is 2. The Morgan fingerprint density at radius 1 is 1.10 bits per heavy atom. The van der Waals surface area contributed by atoms with Crippen LogP contribution in [0.15, 0.2) is 48.5 Å². The minimum absolute atomic E-state index is 0.323. The van der Waals surface area contributed by atoms with Crippen LogP contribution in [0.4, 0.5) is 4.39 Å². The van der Waals surface area contributed by atoms with Gasteiger partial charge in [-0.2, -0.15) is 0 Å². The predicted molar refractivity (Wildman–Crippen MR) is 123 cm³/mol. The Kier molecular flexibility index (Phi) is 7.50. The van der Waals surface area contributed by atoms with Gasteiger partial charge in [0.05, 0.1) is 12.7 Å². The van der Waals surface area contributed by atoms with Crippen molar-refractivity contribution in [2.45, 2.75) is 52.5 Å². The smallest absolute Gasteiger partial charge is 0.251 e.